The fourth-order valence-electron chi connectivity index (χ4n) is 3.68. The number of para-hydroxylation sites is 2. The highest BCUT2D eigenvalue weighted by Crippen LogP contribution is 2.19. The number of nitrogens with zero attached hydrogens (tertiary/aromatic N) is 4. The number of hydrogen-bond donors (Lipinski definition) is 0. The molecule has 0 N–H and O–H groups in total. The van der Waals surface area contributed by atoms with Crippen LogP contribution in [-0.2, 0) is 13.1 Å². The van der Waals surface area contributed by atoms with Crippen molar-refractivity contribution in [2.75, 3.05) is 13.1 Å². The average Bonchev–Trinajstić information content (AvgIpc) is 3.30. The van der Waals surface area contributed by atoms with E-state index in [-0.39, 0.29) is 5.76 Å². The molecule has 0 radical (unpaired) electrons. The summed E-state index contributed by atoms with van der Waals surface area (Å²) in [5.41, 5.74) is 1.55. The van der Waals surface area contributed by atoms with Crippen molar-refractivity contribution in [2.24, 2.45) is 0 Å². The van der Waals surface area contributed by atoms with Gasteiger partial charge in [0.05, 0.1) is 12.1 Å². The SMILES string of the molecule is O=c1oc2ccccc2n1CCCN1CCCC1Cn1cccn1. The Morgan fingerprint density at radius 2 is 2.12 bits per heavy atom. The van der Waals surface area contributed by atoms with Crippen molar-refractivity contribution in [1.29, 1.82) is 0 Å². The van der Waals surface area contributed by atoms with Crippen LogP contribution in [0.3, 0.4) is 0 Å². The average molecular weight is 326 g/mol. The van der Waals surface area contributed by atoms with E-state index in [1.165, 1.54) is 12.8 Å². The second kappa shape index (κ2) is 6.65. The summed E-state index contributed by atoms with van der Waals surface area (Å²) < 4.78 is 9.05. The normalized spacial score (nSPS) is 18.6. The van der Waals surface area contributed by atoms with Crippen molar-refractivity contribution < 1.29 is 4.42 Å². The Balaban J connectivity index is 1.38. The number of rotatable bonds is 6. The Kier molecular flexibility index (Phi) is 4.21. The first kappa shape index (κ1) is 15.2. The highest BCUT2D eigenvalue weighted by molar-refractivity contribution is 5.72. The molecule has 1 fully saturated rings. The molecular weight excluding hydrogens is 304 g/mol. The van der Waals surface area contributed by atoms with Crippen LogP contribution in [0.15, 0.2) is 51.9 Å². The molecule has 0 aliphatic carbocycles. The third-order valence-corrected chi connectivity index (χ3v) is 4.86. The fourth-order valence-corrected chi connectivity index (χ4v) is 3.68. The van der Waals surface area contributed by atoms with E-state index in [0.29, 0.717) is 18.2 Å². The third kappa shape index (κ3) is 3.01. The molecule has 3 aromatic rings. The number of likely N-dealkylation sites (tertiary alicyclic amines) is 1. The van der Waals surface area contributed by atoms with Gasteiger partial charge in [0.25, 0.3) is 0 Å². The van der Waals surface area contributed by atoms with Crippen LogP contribution in [0.2, 0.25) is 0 Å². The zero-order valence-corrected chi connectivity index (χ0v) is 13.7. The van der Waals surface area contributed by atoms with Gasteiger partial charge in [0.15, 0.2) is 5.58 Å². The monoisotopic (exact) mass is 326 g/mol. The number of aromatic nitrogens is 3. The quantitative estimate of drug-likeness (QED) is 0.698. The van der Waals surface area contributed by atoms with Crippen LogP contribution in [0.5, 0.6) is 0 Å². The van der Waals surface area contributed by atoms with E-state index < -0.39 is 0 Å². The summed E-state index contributed by atoms with van der Waals surface area (Å²) in [6.07, 6.45) is 7.25. The van der Waals surface area contributed by atoms with Crippen molar-refractivity contribution >= 4 is 11.1 Å². The minimum Gasteiger partial charge on any atom is -0.408 e. The van der Waals surface area contributed by atoms with Crippen molar-refractivity contribution in [3.8, 4) is 0 Å². The highest BCUT2D eigenvalue weighted by atomic mass is 16.4. The Bertz CT molecular complexity index is 849. The first-order valence-electron chi connectivity index (χ1n) is 8.61. The number of hydrogen-bond acceptors (Lipinski definition) is 4. The van der Waals surface area contributed by atoms with Crippen LogP contribution >= 0.6 is 0 Å². The van der Waals surface area contributed by atoms with Gasteiger partial charge in [0, 0.05) is 31.5 Å². The molecule has 1 aromatic carbocycles. The van der Waals surface area contributed by atoms with E-state index in [1.54, 1.807) is 4.57 Å². The molecule has 6 nitrogen and oxygen atoms in total. The molecule has 1 aliphatic rings. The second-order valence-corrected chi connectivity index (χ2v) is 6.40. The number of fused-ring (bicyclic) bond motifs is 1. The summed E-state index contributed by atoms with van der Waals surface area (Å²) in [7, 11) is 0. The standard InChI is InChI=1S/C18H22N4O2/c23-18-22(16-7-1-2-8-17(16)24-18)13-5-11-20-10-3-6-15(20)14-21-12-4-9-19-21/h1-2,4,7-9,12,15H,3,5-6,10-11,13-14H2. The Morgan fingerprint density at radius 1 is 1.21 bits per heavy atom. The van der Waals surface area contributed by atoms with Gasteiger partial charge in [-0.25, -0.2) is 4.79 Å². The maximum atomic E-state index is 12.0. The van der Waals surface area contributed by atoms with E-state index in [9.17, 15) is 4.79 Å². The van der Waals surface area contributed by atoms with E-state index in [0.717, 1.165) is 31.6 Å². The Hall–Kier alpha value is -2.34. The molecule has 24 heavy (non-hydrogen) atoms. The van der Waals surface area contributed by atoms with Gasteiger partial charge < -0.3 is 4.42 Å². The van der Waals surface area contributed by atoms with Crippen molar-refractivity contribution in [3.63, 3.8) is 0 Å². The maximum Gasteiger partial charge on any atom is 0.419 e. The van der Waals surface area contributed by atoms with Gasteiger partial charge in [-0.05, 0) is 44.0 Å². The smallest absolute Gasteiger partial charge is 0.408 e. The zero-order chi connectivity index (χ0) is 16.4. The van der Waals surface area contributed by atoms with Gasteiger partial charge in [0.2, 0.25) is 0 Å². The lowest BCUT2D eigenvalue weighted by Gasteiger charge is -2.24. The number of benzene rings is 1. The van der Waals surface area contributed by atoms with Gasteiger partial charge in [-0.15, -0.1) is 0 Å². The largest absolute Gasteiger partial charge is 0.419 e. The summed E-state index contributed by atoms with van der Waals surface area (Å²) >= 11 is 0. The number of oxazole rings is 1. The molecular formula is C18H22N4O2. The van der Waals surface area contributed by atoms with Crippen LogP contribution in [0.4, 0.5) is 0 Å². The lowest BCUT2D eigenvalue weighted by Crippen LogP contribution is -2.34. The van der Waals surface area contributed by atoms with Crippen LogP contribution in [0.25, 0.3) is 11.1 Å². The van der Waals surface area contributed by atoms with Gasteiger partial charge >= 0.3 is 5.76 Å². The molecule has 126 valence electrons. The summed E-state index contributed by atoms with van der Waals surface area (Å²) in [5.74, 6) is -0.259. The molecule has 1 saturated heterocycles. The fraction of sp³-hybridized carbons (Fsp3) is 0.444. The molecule has 0 saturated carbocycles. The van der Waals surface area contributed by atoms with E-state index in [1.807, 2.05) is 47.4 Å². The zero-order valence-electron chi connectivity index (χ0n) is 13.7. The molecule has 6 heteroatoms. The Labute approximate surface area is 140 Å². The number of aryl methyl sites for hydroxylation is 1. The predicted octanol–water partition coefficient (Wildman–Crippen LogP) is 2.35. The first-order chi connectivity index (χ1) is 11.8. The molecule has 1 aliphatic heterocycles. The van der Waals surface area contributed by atoms with Crippen molar-refractivity contribution in [1.82, 2.24) is 19.2 Å². The molecule has 4 rings (SSSR count). The molecule has 0 bridgehead atoms. The van der Waals surface area contributed by atoms with E-state index in [4.69, 9.17) is 4.42 Å². The first-order valence-corrected chi connectivity index (χ1v) is 8.61. The molecule has 1 unspecified atom stereocenters. The minimum atomic E-state index is -0.259. The van der Waals surface area contributed by atoms with Crippen molar-refractivity contribution in [3.05, 3.63) is 53.3 Å². The molecule has 0 amide bonds. The topological polar surface area (TPSA) is 56.2 Å². The van der Waals surface area contributed by atoms with E-state index in [2.05, 4.69) is 10.00 Å². The second-order valence-electron chi connectivity index (χ2n) is 6.40. The maximum absolute atomic E-state index is 12.0. The van der Waals surface area contributed by atoms with Crippen LogP contribution in [0.1, 0.15) is 19.3 Å². The van der Waals surface area contributed by atoms with Gasteiger partial charge in [-0.3, -0.25) is 14.1 Å². The minimum absolute atomic E-state index is 0.259. The van der Waals surface area contributed by atoms with Crippen LogP contribution in [0, 0.1) is 0 Å². The molecule has 2 aromatic heterocycles. The summed E-state index contributed by atoms with van der Waals surface area (Å²) in [4.78, 5) is 14.5. The molecule has 0 spiro atoms. The van der Waals surface area contributed by atoms with Crippen molar-refractivity contribution in [2.45, 2.75) is 38.4 Å². The lowest BCUT2D eigenvalue weighted by atomic mass is 10.2. The molecule has 3 heterocycles. The summed E-state index contributed by atoms with van der Waals surface area (Å²) in [5, 5.41) is 4.31. The molecule has 1 atom stereocenters. The van der Waals surface area contributed by atoms with E-state index >= 15 is 0 Å². The van der Waals surface area contributed by atoms with Gasteiger partial charge in [-0.2, -0.15) is 5.10 Å². The lowest BCUT2D eigenvalue weighted by molar-refractivity contribution is 0.221. The predicted molar refractivity (Wildman–Crippen MR) is 91.9 cm³/mol. The van der Waals surface area contributed by atoms with Gasteiger partial charge in [0.1, 0.15) is 0 Å². The highest BCUT2D eigenvalue weighted by Gasteiger charge is 2.24. The third-order valence-electron chi connectivity index (χ3n) is 4.86. The summed E-state index contributed by atoms with van der Waals surface area (Å²) in [6.45, 7) is 3.77. The summed E-state index contributed by atoms with van der Waals surface area (Å²) in [6, 6.07) is 10.1. The van der Waals surface area contributed by atoms with Crippen LogP contribution < -0.4 is 5.76 Å². The van der Waals surface area contributed by atoms with Crippen LogP contribution in [-0.4, -0.2) is 38.4 Å². The van der Waals surface area contributed by atoms with Gasteiger partial charge in [-0.1, -0.05) is 12.1 Å². The Morgan fingerprint density at radius 3 is 3.00 bits per heavy atom.